The van der Waals surface area contributed by atoms with Crippen LogP contribution in [0.2, 0.25) is 0 Å². The van der Waals surface area contributed by atoms with Crippen LogP contribution in [0, 0.1) is 0 Å². The molecule has 0 bridgehead atoms. The van der Waals surface area contributed by atoms with Gasteiger partial charge in [-0.2, -0.15) is 0 Å². The molecule has 0 amide bonds. The summed E-state index contributed by atoms with van der Waals surface area (Å²) in [5.74, 6) is 0. The van der Waals surface area contributed by atoms with E-state index in [1.54, 1.807) is 0 Å². The van der Waals surface area contributed by atoms with Gasteiger partial charge in [-0.1, -0.05) is 64.9 Å². The summed E-state index contributed by atoms with van der Waals surface area (Å²) in [6.45, 7) is 6.25. The Kier molecular flexibility index (Phi) is 14.9. The summed E-state index contributed by atoms with van der Waals surface area (Å²) in [4.78, 5) is 0. The fourth-order valence-corrected chi connectivity index (χ4v) is 2.49. The summed E-state index contributed by atoms with van der Waals surface area (Å²) < 4.78 is 1.01. The highest BCUT2D eigenvalue weighted by Crippen LogP contribution is 2.15. The Bertz CT molecular complexity index is 196. The Morgan fingerprint density at radius 3 is 1.63 bits per heavy atom. The first-order valence-electron chi connectivity index (χ1n) is 7.96. The molecule has 0 saturated heterocycles. The molecule has 19 heavy (non-hydrogen) atoms. The van der Waals surface area contributed by atoms with Crippen LogP contribution in [0.5, 0.6) is 0 Å². The molecule has 0 saturated carbocycles. The fraction of sp³-hybridized carbons (Fsp3) is 0.882. The fourth-order valence-electron chi connectivity index (χ4n) is 2.49. The highest BCUT2D eigenvalue weighted by Gasteiger charge is 2.18. The number of quaternary nitrogens is 1. The van der Waals surface area contributed by atoms with Crippen LogP contribution in [0.4, 0.5) is 0 Å². The van der Waals surface area contributed by atoms with E-state index >= 15 is 0 Å². The van der Waals surface area contributed by atoms with Crippen LogP contribution >= 0.6 is 0 Å². The van der Waals surface area contributed by atoms with Crippen LogP contribution in [0.3, 0.4) is 0 Å². The third-order valence-electron chi connectivity index (χ3n) is 3.87. The van der Waals surface area contributed by atoms with Gasteiger partial charge in [0.25, 0.3) is 0 Å². The highest BCUT2D eigenvalue weighted by molar-refractivity contribution is 4.79. The number of unbranched alkanes of at least 4 members (excludes halogenated alkanes) is 8. The molecule has 1 nitrogen and oxygen atoms in total. The van der Waals surface area contributed by atoms with Gasteiger partial charge < -0.3 is 21.5 Å². The summed E-state index contributed by atoms with van der Waals surface area (Å²) >= 11 is 0. The lowest BCUT2D eigenvalue weighted by atomic mass is 10.0. The van der Waals surface area contributed by atoms with E-state index in [0.29, 0.717) is 6.04 Å². The molecule has 0 heterocycles. The minimum absolute atomic E-state index is 0. The van der Waals surface area contributed by atoms with Gasteiger partial charge in [0.1, 0.15) is 6.04 Å². The van der Waals surface area contributed by atoms with Crippen molar-refractivity contribution in [3.05, 3.63) is 12.7 Å². The zero-order chi connectivity index (χ0) is 13.9. The second-order valence-corrected chi connectivity index (χ2v) is 6.54. The topological polar surface area (TPSA) is 0 Å². The Hall–Kier alpha value is 0.180. The minimum Gasteiger partial charge on any atom is -1.00 e. The molecule has 0 aliphatic heterocycles. The van der Waals surface area contributed by atoms with Crippen LogP contribution in [0.15, 0.2) is 12.7 Å². The van der Waals surface area contributed by atoms with E-state index in [1.165, 1.54) is 64.2 Å². The van der Waals surface area contributed by atoms with Crippen LogP contribution in [0.1, 0.15) is 71.1 Å². The van der Waals surface area contributed by atoms with Gasteiger partial charge in [0.15, 0.2) is 0 Å². The van der Waals surface area contributed by atoms with Crippen molar-refractivity contribution in [3.8, 4) is 0 Å². The van der Waals surface area contributed by atoms with Crippen LogP contribution in [0.25, 0.3) is 0 Å². The maximum atomic E-state index is 3.97. The zero-order valence-electron chi connectivity index (χ0n) is 13.8. The van der Waals surface area contributed by atoms with Gasteiger partial charge in [0.05, 0.1) is 21.1 Å². The number of halogens is 1. The number of rotatable bonds is 12. The smallest absolute Gasteiger partial charge is 0.107 e. The van der Waals surface area contributed by atoms with E-state index in [-0.39, 0.29) is 17.0 Å². The molecule has 0 aromatic heterocycles. The largest absolute Gasteiger partial charge is 1.00 e. The quantitative estimate of drug-likeness (QED) is 0.292. The van der Waals surface area contributed by atoms with Crippen molar-refractivity contribution in [2.75, 3.05) is 21.1 Å². The SMILES string of the molecule is C=CC(CCCCCCCCCCC)[N+](C)(C)C.[Br-]. The maximum absolute atomic E-state index is 3.97. The predicted octanol–water partition coefficient (Wildman–Crippen LogP) is 2.17. The van der Waals surface area contributed by atoms with E-state index in [0.717, 1.165) is 4.48 Å². The molecule has 0 N–H and O–H groups in total. The van der Waals surface area contributed by atoms with Crippen molar-refractivity contribution in [2.45, 2.75) is 77.2 Å². The van der Waals surface area contributed by atoms with Gasteiger partial charge in [0, 0.05) is 6.42 Å². The monoisotopic (exact) mass is 333 g/mol. The van der Waals surface area contributed by atoms with Gasteiger partial charge in [-0.3, -0.25) is 0 Å². The van der Waals surface area contributed by atoms with Crippen molar-refractivity contribution in [1.82, 2.24) is 0 Å². The first kappa shape index (κ1) is 21.5. The van der Waals surface area contributed by atoms with Gasteiger partial charge in [-0.15, -0.1) is 0 Å². The first-order chi connectivity index (χ1) is 8.52. The summed E-state index contributed by atoms with van der Waals surface area (Å²) in [5, 5.41) is 0. The second kappa shape index (κ2) is 13.2. The van der Waals surface area contributed by atoms with Gasteiger partial charge in [-0.25, -0.2) is 0 Å². The van der Waals surface area contributed by atoms with Crippen molar-refractivity contribution < 1.29 is 21.5 Å². The predicted molar refractivity (Wildman–Crippen MR) is 83.9 cm³/mol. The van der Waals surface area contributed by atoms with E-state index in [9.17, 15) is 0 Å². The lowest BCUT2D eigenvalue weighted by Crippen LogP contribution is -3.00. The van der Waals surface area contributed by atoms with Crippen molar-refractivity contribution >= 4 is 0 Å². The standard InChI is InChI=1S/C17H36N.BrH/c1-6-8-9-10-11-12-13-14-15-16-17(7-2)18(3,4)5;/h7,17H,2,6,8-16H2,1,3-5H3;1H/q+1;/p-1. The molecule has 0 aliphatic carbocycles. The maximum Gasteiger partial charge on any atom is 0.107 e. The lowest BCUT2D eigenvalue weighted by Gasteiger charge is -2.32. The van der Waals surface area contributed by atoms with Gasteiger partial charge >= 0.3 is 0 Å². The van der Waals surface area contributed by atoms with E-state index < -0.39 is 0 Å². The van der Waals surface area contributed by atoms with E-state index in [1.807, 2.05) is 0 Å². The minimum atomic E-state index is 0. The molecular weight excluding hydrogens is 298 g/mol. The van der Waals surface area contributed by atoms with Crippen molar-refractivity contribution in [3.63, 3.8) is 0 Å². The molecule has 0 radical (unpaired) electrons. The third kappa shape index (κ3) is 12.9. The Morgan fingerprint density at radius 1 is 0.842 bits per heavy atom. The first-order valence-corrected chi connectivity index (χ1v) is 7.96. The molecule has 0 rings (SSSR count). The van der Waals surface area contributed by atoms with E-state index in [4.69, 9.17) is 0 Å². The lowest BCUT2D eigenvalue weighted by molar-refractivity contribution is -0.889. The van der Waals surface area contributed by atoms with Crippen molar-refractivity contribution in [1.29, 1.82) is 0 Å². The molecule has 0 aromatic rings. The Labute approximate surface area is 132 Å². The normalized spacial score (nSPS) is 12.8. The molecule has 116 valence electrons. The van der Waals surface area contributed by atoms with Crippen LogP contribution < -0.4 is 17.0 Å². The van der Waals surface area contributed by atoms with Gasteiger partial charge in [-0.05, 0) is 12.5 Å². The van der Waals surface area contributed by atoms with Crippen LogP contribution in [-0.4, -0.2) is 31.7 Å². The molecule has 0 spiro atoms. The van der Waals surface area contributed by atoms with E-state index in [2.05, 4.69) is 40.7 Å². The van der Waals surface area contributed by atoms with Gasteiger partial charge in [0.2, 0.25) is 0 Å². The van der Waals surface area contributed by atoms with Crippen molar-refractivity contribution in [2.24, 2.45) is 0 Å². The molecular formula is C17H36BrN. The average molecular weight is 334 g/mol. The summed E-state index contributed by atoms with van der Waals surface area (Å²) in [6, 6.07) is 0.620. The average Bonchev–Trinajstić information content (AvgIpc) is 2.30. The number of hydrogen-bond donors (Lipinski definition) is 0. The zero-order valence-corrected chi connectivity index (χ0v) is 15.3. The molecule has 1 atom stereocenters. The summed E-state index contributed by atoms with van der Waals surface area (Å²) in [5.41, 5.74) is 0. The molecule has 0 aromatic carbocycles. The molecule has 2 heteroatoms. The number of likely N-dealkylation sites (N-methyl/N-ethyl adjacent to an activating group) is 1. The van der Waals surface area contributed by atoms with Crippen LogP contribution in [-0.2, 0) is 0 Å². The summed E-state index contributed by atoms with van der Waals surface area (Å²) in [6.07, 6.45) is 16.2. The Balaban J connectivity index is 0. The Morgan fingerprint density at radius 2 is 1.26 bits per heavy atom. The molecule has 1 unspecified atom stereocenters. The highest BCUT2D eigenvalue weighted by atomic mass is 79.9. The second-order valence-electron chi connectivity index (χ2n) is 6.54. The number of hydrogen-bond acceptors (Lipinski definition) is 0. The third-order valence-corrected chi connectivity index (χ3v) is 3.87. The molecule has 0 aliphatic rings. The molecule has 0 fully saturated rings. The summed E-state index contributed by atoms with van der Waals surface area (Å²) in [7, 11) is 6.79. The number of nitrogens with zero attached hydrogens (tertiary/aromatic N) is 1.